The number of fused-ring (bicyclic) bond motifs is 1. The predicted octanol–water partition coefficient (Wildman–Crippen LogP) is 4.95. The quantitative estimate of drug-likeness (QED) is 0.659. The van der Waals surface area contributed by atoms with Crippen LogP contribution in [-0.2, 0) is 11.2 Å². The van der Waals surface area contributed by atoms with Gasteiger partial charge in [-0.15, -0.1) is 34.0 Å². The molecule has 1 aliphatic rings. The number of thiophene rings is 3. The van der Waals surface area contributed by atoms with E-state index in [-0.39, 0.29) is 11.9 Å². The summed E-state index contributed by atoms with van der Waals surface area (Å²) in [7, 11) is 0. The third-order valence-corrected chi connectivity index (χ3v) is 8.02. The van der Waals surface area contributed by atoms with Crippen LogP contribution >= 0.6 is 34.0 Å². The molecule has 4 nitrogen and oxygen atoms in total. The zero-order valence-corrected chi connectivity index (χ0v) is 17.6. The first kappa shape index (κ1) is 18.4. The number of anilines is 1. The highest BCUT2D eigenvalue weighted by atomic mass is 32.1. The minimum Gasteiger partial charge on any atom is -0.315 e. The molecule has 0 aromatic carbocycles. The average Bonchev–Trinajstić information content (AvgIpc) is 3.37. The molecule has 3 aromatic heterocycles. The second-order valence-corrected chi connectivity index (χ2v) is 9.79. The Balaban J connectivity index is 1.56. The third kappa shape index (κ3) is 3.46. The number of carbonyl (C=O) groups is 1. The van der Waals surface area contributed by atoms with Crippen LogP contribution < -0.4 is 5.32 Å². The number of hydrogen-bond acceptors (Lipinski definition) is 6. The van der Waals surface area contributed by atoms with Crippen LogP contribution in [0.5, 0.6) is 0 Å². The first-order chi connectivity index (χ1) is 13.1. The van der Waals surface area contributed by atoms with Crippen LogP contribution in [-0.4, -0.2) is 23.9 Å². The Morgan fingerprint density at radius 3 is 2.93 bits per heavy atom. The van der Waals surface area contributed by atoms with E-state index in [0.29, 0.717) is 17.1 Å². The van der Waals surface area contributed by atoms with Gasteiger partial charge in [0.05, 0.1) is 18.2 Å². The summed E-state index contributed by atoms with van der Waals surface area (Å²) < 4.78 is 0. The van der Waals surface area contributed by atoms with Crippen LogP contribution in [0.25, 0.3) is 0 Å². The minimum atomic E-state index is -0.0621. The Kier molecular flexibility index (Phi) is 5.15. The van der Waals surface area contributed by atoms with Crippen LogP contribution in [0.3, 0.4) is 0 Å². The molecule has 1 N–H and O–H groups in total. The lowest BCUT2D eigenvalue weighted by Gasteiger charge is -2.34. The zero-order valence-electron chi connectivity index (χ0n) is 15.1. The molecule has 0 aliphatic carbocycles. The van der Waals surface area contributed by atoms with Crippen molar-refractivity contribution in [2.75, 3.05) is 18.4 Å². The summed E-state index contributed by atoms with van der Waals surface area (Å²) >= 11 is 5.01. The van der Waals surface area contributed by atoms with Gasteiger partial charge in [-0.05, 0) is 54.3 Å². The molecule has 1 atom stereocenters. The first-order valence-corrected chi connectivity index (χ1v) is 11.3. The van der Waals surface area contributed by atoms with Gasteiger partial charge in [-0.2, -0.15) is 5.26 Å². The molecule has 0 saturated heterocycles. The normalized spacial score (nSPS) is 16.7. The molecule has 4 heterocycles. The number of carbonyl (C=O) groups excluding carboxylic acids is 1. The molecule has 0 saturated carbocycles. The second-order valence-electron chi connectivity index (χ2n) is 6.58. The lowest BCUT2D eigenvalue weighted by molar-refractivity contribution is -0.117. The largest absolute Gasteiger partial charge is 0.315 e. The molecule has 1 unspecified atom stereocenters. The fourth-order valence-electron chi connectivity index (χ4n) is 3.52. The highest BCUT2D eigenvalue weighted by molar-refractivity contribution is 7.16. The van der Waals surface area contributed by atoms with Gasteiger partial charge in [0.1, 0.15) is 11.1 Å². The molecular weight excluding hydrogens is 394 g/mol. The van der Waals surface area contributed by atoms with Crippen LogP contribution in [0, 0.1) is 25.2 Å². The van der Waals surface area contributed by atoms with Gasteiger partial charge in [0.25, 0.3) is 0 Å². The highest BCUT2D eigenvalue weighted by Crippen LogP contribution is 2.39. The van der Waals surface area contributed by atoms with Gasteiger partial charge in [0.15, 0.2) is 0 Å². The second kappa shape index (κ2) is 7.56. The Hall–Kier alpha value is -1.98. The number of aryl methyl sites for hydroxylation is 1. The van der Waals surface area contributed by atoms with Crippen molar-refractivity contribution in [3.63, 3.8) is 0 Å². The maximum absolute atomic E-state index is 12.8. The zero-order chi connectivity index (χ0) is 19.0. The van der Waals surface area contributed by atoms with Crippen molar-refractivity contribution in [3.8, 4) is 6.07 Å². The molecule has 0 spiro atoms. The molecule has 0 fully saturated rings. The van der Waals surface area contributed by atoms with Crippen LogP contribution in [0.15, 0.2) is 29.0 Å². The molecule has 1 amide bonds. The van der Waals surface area contributed by atoms with E-state index in [1.54, 1.807) is 22.7 Å². The van der Waals surface area contributed by atoms with Gasteiger partial charge in [-0.25, -0.2) is 0 Å². The summed E-state index contributed by atoms with van der Waals surface area (Å²) in [6.07, 6.45) is 0.975. The number of amides is 1. The molecule has 27 heavy (non-hydrogen) atoms. The topological polar surface area (TPSA) is 56.1 Å². The Morgan fingerprint density at radius 2 is 2.19 bits per heavy atom. The SMILES string of the molecule is Cc1sc(NC(=O)CN2CCc3sccc3C2c2cccs2)c(C#N)c1C. The number of nitriles is 1. The van der Waals surface area contributed by atoms with E-state index >= 15 is 0 Å². The van der Waals surface area contributed by atoms with Gasteiger partial charge in [-0.3, -0.25) is 9.69 Å². The molecule has 7 heteroatoms. The van der Waals surface area contributed by atoms with Gasteiger partial charge >= 0.3 is 0 Å². The van der Waals surface area contributed by atoms with E-state index in [4.69, 9.17) is 0 Å². The third-order valence-electron chi connectivity index (χ3n) is 4.98. The molecular formula is C20H19N3OS3. The Bertz CT molecular complexity index is 1010. The van der Waals surface area contributed by atoms with E-state index in [1.807, 2.05) is 13.8 Å². The van der Waals surface area contributed by atoms with E-state index in [0.717, 1.165) is 23.4 Å². The van der Waals surface area contributed by atoms with Crippen molar-refractivity contribution in [2.24, 2.45) is 0 Å². The molecule has 3 aromatic rings. The first-order valence-electron chi connectivity index (χ1n) is 8.72. The fraction of sp³-hybridized carbons (Fsp3) is 0.300. The van der Waals surface area contributed by atoms with Gasteiger partial charge in [0.2, 0.25) is 5.91 Å². The van der Waals surface area contributed by atoms with E-state index in [9.17, 15) is 10.1 Å². The maximum atomic E-state index is 12.8. The van der Waals surface area contributed by atoms with Crippen molar-refractivity contribution in [3.05, 3.63) is 60.3 Å². The molecule has 0 radical (unpaired) electrons. The molecule has 138 valence electrons. The van der Waals surface area contributed by atoms with Crippen molar-refractivity contribution >= 4 is 44.9 Å². The van der Waals surface area contributed by atoms with E-state index < -0.39 is 0 Å². The molecule has 4 rings (SSSR count). The molecule has 0 bridgehead atoms. The molecule has 1 aliphatic heterocycles. The van der Waals surface area contributed by atoms with Crippen LogP contribution in [0.1, 0.15) is 37.4 Å². The Morgan fingerprint density at radius 1 is 1.33 bits per heavy atom. The van der Waals surface area contributed by atoms with Crippen molar-refractivity contribution < 1.29 is 4.79 Å². The average molecular weight is 414 g/mol. The van der Waals surface area contributed by atoms with Gasteiger partial charge in [-0.1, -0.05) is 6.07 Å². The van der Waals surface area contributed by atoms with Crippen molar-refractivity contribution in [1.82, 2.24) is 4.90 Å². The summed E-state index contributed by atoms with van der Waals surface area (Å²) in [5.41, 5.74) is 2.86. The number of nitrogens with one attached hydrogen (secondary N) is 1. The minimum absolute atomic E-state index is 0.0621. The standard InChI is InChI=1S/C20H19N3OS3/c1-12-13(2)27-20(15(12)10-21)22-18(24)11-23-7-5-16-14(6-9-26-16)19(23)17-4-3-8-25-17/h3-4,6,8-9,19H,5,7,11H2,1-2H3,(H,22,24). The maximum Gasteiger partial charge on any atom is 0.239 e. The summed E-state index contributed by atoms with van der Waals surface area (Å²) in [6.45, 7) is 5.08. The van der Waals surface area contributed by atoms with Crippen molar-refractivity contribution in [2.45, 2.75) is 26.3 Å². The smallest absolute Gasteiger partial charge is 0.239 e. The monoisotopic (exact) mass is 413 g/mol. The number of nitrogens with zero attached hydrogens (tertiary/aromatic N) is 2. The summed E-state index contributed by atoms with van der Waals surface area (Å²) in [4.78, 5) is 18.8. The lowest BCUT2D eigenvalue weighted by Crippen LogP contribution is -2.40. The number of rotatable bonds is 4. The van der Waals surface area contributed by atoms with E-state index in [2.05, 4.69) is 45.2 Å². The van der Waals surface area contributed by atoms with E-state index in [1.165, 1.54) is 26.7 Å². The Labute approximate surface area is 170 Å². The van der Waals surface area contributed by atoms with Crippen LogP contribution in [0.4, 0.5) is 5.00 Å². The predicted molar refractivity (Wildman–Crippen MR) is 113 cm³/mol. The number of hydrogen-bond donors (Lipinski definition) is 1. The summed E-state index contributed by atoms with van der Waals surface area (Å²) in [6, 6.07) is 8.75. The van der Waals surface area contributed by atoms with Crippen LogP contribution in [0.2, 0.25) is 0 Å². The lowest BCUT2D eigenvalue weighted by atomic mass is 9.98. The summed E-state index contributed by atoms with van der Waals surface area (Å²) in [5, 5.41) is 17.3. The summed E-state index contributed by atoms with van der Waals surface area (Å²) in [5.74, 6) is -0.0621. The highest BCUT2D eigenvalue weighted by Gasteiger charge is 2.31. The fourth-order valence-corrected chi connectivity index (χ4v) is 6.33. The van der Waals surface area contributed by atoms with Gasteiger partial charge in [0, 0.05) is 21.2 Å². The van der Waals surface area contributed by atoms with Gasteiger partial charge < -0.3 is 5.32 Å². The van der Waals surface area contributed by atoms with Crippen molar-refractivity contribution in [1.29, 1.82) is 5.26 Å².